The van der Waals surface area contributed by atoms with E-state index in [4.69, 9.17) is 9.15 Å². The predicted octanol–water partition coefficient (Wildman–Crippen LogP) is 9.55. The first kappa shape index (κ1) is 33.3. The van der Waals surface area contributed by atoms with Crippen LogP contribution < -0.4 is 14.8 Å². The number of unbranched alkanes of at least 4 members (excludes halogenated alkanes) is 8. The van der Waals surface area contributed by atoms with Gasteiger partial charge in [-0.3, -0.25) is 0 Å². The Labute approximate surface area is 264 Å². The highest BCUT2D eigenvalue weighted by atomic mass is 16.5. The van der Waals surface area contributed by atoms with Crippen LogP contribution in [0.15, 0.2) is 65.1 Å². The van der Waals surface area contributed by atoms with E-state index in [1.807, 2.05) is 24.3 Å². The molecule has 2 aliphatic rings. The van der Waals surface area contributed by atoms with Crippen LogP contribution in [0.2, 0.25) is 0 Å². The van der Waals surface area contributed by atoms with Crippen LogP contribution in [-0.2, 0) is 4.74 Å². The maximum absolute atomic E-state index is 13.5. The van der Waals surface area contributed by atoms with E-state index in [2.05, 4.69) is 80.5 Å². The third-order valence-electron chi connectivity index (χ3n) is 8.84. The van der Waals surface area contributed by atoms with E-state index in [1.54, 1.807) is 0 Å². The third-order valence-corrected chi connectivity index (χ3v) is 8.84. The number of fused-ring (bicyclic) bond motifs is 2. The van der Waals surface area contributed by atoms with E-state index in [-0.39, 0.29) is 5.97 Å². The molecule has 0 aromatic heterocycles. The second-order valence-electron chi connectivity index (χ2n) is 11.7. The van der Waals surface area contributed by atoms with E-state index < -0.39 is 0 Å². The van der Waals surface area contributed by atoms with Crippen molar-refractivity contribution in [2.75, 3.05) is 37.7 Å². The number of benzene rings is 3. The normalized spacial score (nSPS) is 11.3. The summed E-state index contributed by atoms with van der Waals surface area (Å²) in [6.45, 7) is 15.1. The van der Waals surface area contributed by atoms with Gasteiger partial charge in [0.05, 0.1) is 18.2 Å². The van der Waals surface area contributed by atoms with Gasteiger partial charge in [-0.05, 0) is 63.9 Å². The van der Waals surface area contributed by atoms with Crippen LogP contribution in [0.3, 0.4) is 0 Å². The molecular formula is C39H53N2O3+. The zero-order valence-corrected chi connectivity index (χ0v) is 27.8. The highest BCUT2D eigenvalue weighted by molar-refractivity contribution is 6.08. The van der Waals surface area contributed by atoms with Crippen LogP contribution in [0, 0.1) is 0 Å². The molecule has 5 heteroatoms. The van der Waals surface area contributed by atoms with Gasteiger partial charge < -0.3 is 14.1 Å². The second-order valence-corrected chi connectivity index (χ2v) is 11.7. The molecule has 2 aromatic carbocycles. The fourth-order valence-electron chi connectivity index (χ4n) is 6.26. The molecule has 2 aromatic rings. The van der Waals surface area contributed by atoms with Crippen molar-refractivity contribution in [3.63, 3.8) is 0 Å². The molecule has 1 aliphatic carbocycles. The molecular weight excluding hydrogens is 544 g/mol. The molecule has 0 spiro atoms. The van der Waals surface area contributed by atoms with Gasteiger partial charge >= 0.3 is 5.97 Å². The number of hydrogen-bond acceptors (Lipinski definition) is 4. The van der Waals surface area contributed by atoms with Crippen molar-refractivity contribution in [2.45, 2.75) is 92.4 Å². The fourth-order valence-corrected chi connectivity index (χ4v) is 6.26. The lowest BCUT2D eigenvalue weighted by Crippen LogP contribution is -2.29. The van der Waals surface area contributed by atoms with E-state index >= 15 is 0 Å². The van der Waals surface area contributed by atoms with Gasteiger partial charge in [-0.25, -0.2) is 9.37 Å². The number of hydrogen-bond donors (Lipinski definition) is 0. The van der Waals surface area contributed by atoms with Crippen LogP contribution in [0.5, 0.6) is 0 Å². The summed E-state index contributed by atoms with van der Waals surface area (Å²) in [7, 11) is 0. The van der Waals surface area contributed by atoms with Gasteiger partial charge in [0.15, 0.2) is 0 Å². The van der Waals surface area contributed by atoms with Crippen molar-refractivity contribution >= 4 is 22.6 Å². The molecule has 0 saturated carbocycles. The first-order chi connectivity index (χ1) is 21.6. The van der Waals surface area contributed by atoms with Crippen LogP contribution in [-0.4, -0.2) is 38.8 Å². The Kier molecular flexibility index (Phi) is 12.9. The van der Waals surface area contributed by atoms with Crippen molar-refractivity contribution in [2.24, 2.45) is 0 Å². The van der Waals surface area contributed by atoms with E-state index in [0.29, 0.717) is 12.2 Å². The van der Waals surface area contributed by atoms with E-state index in [9.17, 15) is 4.79 Å². The molecule has 4 rings (SSSR count). The molecule has 5 nitrogen and oxygen atoms in total. The Hall–Kier alpha value is -3.60. The van der Waals surface area contributed by atoms with Crippen LogP contribution in [0.4, 0.5) is 5.69 Å². The van der Waals surface area contributed by atoms with Gasteiger partial charge in [0.2, 0.25) is 5.36 Å². The topological polar surface area (TPSA) is 45.7 Å². The smallest absolute Gasteiger partial charge is 0.338 e. The monoisotopic (exact) mass is 597 g/mol. The number of esters is 1. The third kappa shape index (κ3) is 8.11. The molecule has 0 fully saturated rings. The molecule has 44 heavy (non-hydrogen) atoms. The summed E-state index contributed by atoms with van der Waals surface area (Å²) < 4.78 is 14.8. The van der Waals surface area contributed by atoms with Gasteiger partial charge in [-0.2, -0.15) is 0 Å². The number of nitrogens with zero attached hydrogens (tertiary/aromatic N) is 2. The Morgan fingerprint density at radius 1 is 0.750 bits per heavy atom. The molecule has 0 atom stereocenters. The fraction of sp³-hybridized carbons (Fsp3) is 0.487. The molecule has 0 saturated heterocycles. The van der Waals surface area contributed by atoms with Gasteiger partial charge in [-0.15, -0.1) is 0 Å². The largest absolute Gasteiger partial charge is 0.462 e. The molecule has 1 heterocycles. The van der Waals surface area contributed by atoms with Crippen LogP contribution >= 0.6 is 0 Å². The molecule has 0 amide bonds. The average Bonchev–Trinajstić information content (AvgIpc) is 3.05. The predicted molar refractivity (Wildman–Crippen MR) is 186 cm³/mol. The Bertz CT molecular complexity index is 1530. The Morgan fingerprint density at radius 3 is 2.11 bits per heavy atom. The number of carbonyl (C=O) groups is 1. The summed E-state index contributed by atoms with van der Waals surface area (Å²) in [6.07, 6.45) is 11.1. The standard InChI is InChI=1S/C39H53N2O3/c1-6-11-12-13-14-15-16-17-20-27-43-39(42)33-22-19-18-21-32(33)38-34-25-23-30(40(7-2)8-3)28-36(34)44-37-29-31(24-26-35(37)38)41(9-4)10-5/h18-19,21-26,28-29H,6-17,20,27H2,1-5H3/q+1. The quantitative estimate of drug-likeness (QED) is 0.0526. The first-order valence-corrected chi connectivity index (χ1v) is 17.2. The minimum atomic E-state index is -0.262. The number of rotatable bonds is 17. The van der Waals surface area contributed by atoms with Gasteiger partial charge in [0.25, 0.3) is 0 Å². The Morgan fingerprint density at radius 2 is 1.43 bits per heavy atom. The van der Waals surface area contributed by atoms with E-state index in [1.165, 1.54) is 44.9 Å². The van der Waals surface area contributed by atoms with Crippen molar-refractivity contribution in [3.05, 3.63) is 71.6 Å². The number of ether oxygens (including phenoxy) is 1. The number of carbonyl (C=O) groups excluding carboxylic acids is 1. The van der Waals surface area contributed by atoms with Crippen molar-refractivity contribution in [1.82, 2.24) is 4.58 Å². The lowest BCUT2D eigenvalue weighted by atomic mass is 9.90. The molecule has 0 N–H and O–H groups in total. The zero-order chi connectivity index (χ0) is 31.3. The Balaban J connectivity index is 1.67. The average molecular weight is 598 g/mol. The summed E-state index contributed by atoms with van der Waals surface area (Å²) in [5, 5.41) is 2.12. The maximum Gasteiger partial charge on any atom is 0.338 e. The van der Waals surface area contributed by atoms with Crippen molar-refractivity contribution < 1.29 is 13.9 Å². The highest BCUT2D eigenvalue weighted by Gasteiger charge is 2.23. The SMILES string of the molecule is CCCCCCCCCCCOC(=O)c1ccccc1-c1c2ccc(=[N+](CC)CC)cc-2oc2cc(N(CC)CC)ccc12. The van der Waals surface area contributed by atoms with Gasteiger partial charge in [0, 0.05) is 47.4 Å². The zero-order valence-electron chi connectivity index (χ0n) is 27.8. The minimum Gasteiger partial charge on any atom is -0.462 e. The summed E-state index contributed by atoms with van der Waals surface area (Å²) in [4.78, 5) is 15.9. The summed E-state index contributed by atoms with van der Waals surface area (Å²) >= 11 is 0. The van der Waals surface area contributed by atoms with E-state index in [0.717, 1.165) is 83.5 Å². The molecule has 0 radical (unpaired) electrons. The molecule has 1 aliphatic heterocycles. The van der Waals surface area contributed by atoms with Crippen molar-refractivity contribution in [1.29, 1.82) is 0 Å². The van der Waals surface area contributed by atoms with Crippen LogP contribution in [0.25, 0.3) is 33.4 Å². The first-order valence-electron chi connectivity index (χ1n) is 17.2. The minimum absolute atomic E-state index is 0.262. The second kappa shape index (κ2) is 17.0. The lowest BCUT2D eigenvalue weighted by molar-refractivity contribution is 0.0498. The number of anilines is 1. The summed E-state index contributed by atoms with van der Waals surface area (Å²) in [6, 6.07) is 20.7. The molecule has 236 valence electrons. The van der Waals surface area contributed by atoms with Crippen molar-refractivity contribution in [3.8, 4) is 22.5 Å². The lowest BCUT2D eigenvalue weighted by Gasteiger charge is -2.22. The molecule has 0 bridgehead atoms. The maximum atomic E-state index is 13.5. The van der Waals surface area contributed by atoms with Gasteiger partial charge in [-0.1, -0.05) is 76.5 Å². The summed E-state index contributed by atoms with van der Waals surface area (Å²) in [5.74, 6) is 0.549. The summed E-state index contributed by atoms with van der Waals surface area (Å²) in [5.41, 5.74) is 5.41. The van der Waals surface area contributed by atoms with Gasteiger partial charge in [0.1, 0.15) is 24.4 Å². The molecule has 0 unspecified atom stereocenters. The highest BCUT2D eigenvalue weighted by Crippen LogP contribution is 2.42. The van der Waals surface area contributed by atoms with Crippen LogP contribution in [0.1, 0.15) is 103 Å².